The van der Waals surface area contributed by atoms with E-state index < -0.39 is 11.9 Å². The van der Waals surface area contributed by atoms with Gasteiger partial charge in [-0.3, -0.25) is 0 Å². The highest BCUT2D eigenvalue weighted by molar-refractivity contribution is 6.13. The van der Waals surface area contributed by atoms with Crippen LogP contribution in [0, 0.1) is 5.41 Å². The third-order valence-corrected chi connectivity index (χ3v) is 3.10. The molecule has 3 nitrogen and oxygen atoms in total. The molecule has 0 aromatic heterocycles. The normalized spacial score (nSPS) is 29.7. The molecule has 0 atom stereocenters. The van der Waals surface area contributed by atoms with Crippen LogP contribution >= 0.6 is 0 Å². The van der Waals surface area contributed by atoms with Crippen LogP contribution in [0.4, 0.5) is 0 Å². The second kappa shape index (κ2) is 1.63. The summed E-state index contributed by atoms with van der Waals surface area (Å²) in [4.78, 5) is 22.2. The Labute approximate surface area is 69.4 Å². The van der Waals surface area contributed by atoms with Crippen molar-refractivity contribution in [2.75, 3.05) is 0 Å². The van der Waals surface area contributed by atoms with Gasteiger partial charge in [-0.25, -0.2) is 9.59 Å². The Bertz CT molecular complexity index is 306. The monoisotopic (exact) mass is 164 g/mol. The fourth-order valence-electron chi connectivity index (χ4n) is 2.15. The number of hydrogen-bond acceptors (Lipinski definition) is 3. The lowest BCUT2D eigenvalue weighted by Gasteiger charge is -2.05. The van der Waals surface area contributed by atoms with Gasteiger partial charge >= 0.3 is 11.9 Å². The second-order valence-corrected chi connectivity index (χ2v) is 3.99. The van der Waals surface area contributed by atoms with E-state index in [1.54, 1.807) is 0 Å². The molecule has 1 saturated carbocycles. The molecule has 0 saturated heterocycles. The minimum absolute atomic E-state index is 0.305. The van der Waals surface area contributed by atoms with Crippen molar-refractivity contribution in [1.29, 1.82) is 0 Å². The van der Waals surface area contributed by atoms with Gasteiger partial charge < -0.3 is 4.74 Å². The zero-order chi connectivity index (χ0) is 8.34. The molecule has 0 aromatic rings. The van der Waals surface area contributed by atoms with E-state index in [1.165, 1.54) is 12.8 Å². The minimum atomic E-state index is -0.390. The Morgan fingerprint density at radius 2 is 1.50 bits per heavy atom. The van der Waals surface area contributed by atoms with Gasteiger partial charge in [0.1, 0.15) is 0 Å². The number of cyclic esters (lactones) is 2. The summed E-state index contributed by atoms with van der Waals surface area (Å²) < 4.78 is 4.50. The smallest absolute Gasteiger partial charge is 0.342 e. The maximum absolute atomic E-state index is 11.1. The van der Waals surface area contributed by atoms with Crippen molar-refractivity contribution >= 4 is 11.9 Å². The molecular weight excluding hydrogens is 156 g/mol. The lowest BCUT2D eigenvalue weighted by molar-refractivity contribution is -0.151. The quantitative estimate of drug-likeness (QED) is 0.395. The molecule has 1 heterocycles. The molecule has 3 rings (SSSR count). The molecule has 0 bridgehead atoms. The molecule has 0 aromatic carbocycles. The average molecular weight is 164 g/mol. The summed E-state index contributed by atoms with van der Waals surface area (Å²) in [6.07, 6.45) is 3.90. The van der Waals surface area contributed by atoms with E-state index in [9.17, 15) is 9.59 Å². The van der Waals surface area contributed by atoms with Crippen LogP contribution in [0.3, 0.4) is 0 Å². The molecule has 0 unspecified atom stereocenters. The van der Waals surface area contributed by atoms with Crippen molar-refractivity contribution in [3.05, 3.63) is 11.1 Å². The van der Waals surface area contributed by atoms with E-state index in [0.717, 1.165) is 12.8 Å². The van der Waals surface area contributed by atoms with Gasteiger partial charge in [-0.15, -0.1) is 0 Å². The van der Waals surface area contributed by atoms with Crippen molar-refractivity contribution in [3.8, 4) is 0 Å². The first kappa shape index (κ1) is 6.40. The van der Waals surface area contributed by atoms with Crippen molar-refractivity contribution in [3.63, 3.8) is 0 Å². The number of carbonyl (C=O) groups is 2. The fourth-order valence-corrected chi connectivity index (χ4v) is 2.15. The van der Waals surface area contributed by atoms with Crippen LogP contribution in [0.15, 0.2) is 11.1 Å². The minimum Gasteiger partial charge on any atom is -0.386 e. The summed E-state index contributed by atoms with van der Waals surface area (Å²) in [5, 5.41) is 0. The van der Waals surface area contributed by atoms with Gasteiger partial charge in [0.2, 0.25) is 0 Å². The number of ether oxygens (including phenoxy) is 1. The van der Waals surface area contributed by atoms with E-state index >= 15 is 0 Å². The molecule has 3 aliphatic rings. The Hall–Kier alpha value is -1.12. The Morgan fingerprint density at radius 3 is 1.92 bits per heavy atom. The molecule has 1 fully saturated rings. The topological polar surface area (TPSA) is 43.4 Å². The van der Waals surface area contributed by atoms with E-state index in [4.69, 9.17) is 0 Å². The van der Waals surface area contributed by atoms with Gasteiger partial charge in [-0.05, 0) is 31.1 Å². The lowest BCUT2D eigenvalue weighted by Crippen LogP contribution is -2.08. The van der Waals surface area contributed by atoms with Crippen LogP contribution in [0.25, 0.3) is 0 Å². The largest absolute Gasteiger partial charge is 0.386 e. The number of carbonyl (C=O) groups excluding carboxylic acids is 2. The zero-order valence-electron chi connectivity index (χ0n) is 6.55. The summed E-state index contributed by atoms with van der Waals surface area (Å²) in [5.74, 6) is -0.780. The van der Waals surface area contributed by atoms with Gasteiger partial charge in [0, 0.05) is 11.1 Å². The predicted molar refractivity (Wildman–Crippen MR) is 39.0 cm³/mol. The van der Waals surface area contributed by atoms with Gasteiger partial charge in [0.15, 0.2) is 0 Å². The van der Waals surface area contributed by atoms with Crippen molar-refractivity contribution < 1.29 is 14.3 Å². The zero-order valence-corrected chi connectivity index (χ0v) is 6.55. The van der Waals surface area contributed by atoms with Crippen LogP contribution in [-0.2, 0) is 14.3 Å². The van der Waals surface area contributed by atoms with Crippen molar-refractivity contribution in [2.45, 2.75) is 25.7 Å². The molecule has 2 aliphatic carbocycles. The molecule has 62 valence electrons. The molecule has 0 radical (unpaired) electrons. The second-order valence-electron chi connectivity index (χ2n) is 3.99. The maximum atomic E-state index is 11.1. The molecule has 0 amide bonds. The highest BCUT2D eigenvalue weighted by Gasteiger charge is 2.54. The van der Waals surface area contributed by atoms with Crippen LogP contribution < -0.4 is 0 Å². The highest BCUT2D eigenvalue weighted by Crippen LogP contribution is 2.60. The molecular formula is C9H8O3. The predicted octanol–water partition coefficient (Wildman–Crippen LogP) is 0.940. The van der Waals surface area contributed by atoms with E-state index in [0.29, 0.717) is 16.6 Å². The summed E-state index contributed by atoms with van der Waals surface area (Å²) in [6.45, 7) is 0. The molecule has 3 heteroatoms. The van der Waals surface area contributed by atoms with Gasteiger partial charge in [-0.1, -0.05) is 0 Å². The fraction of sp³-hybridized carbons (Fsp3) is 0.556. The van der Waals surface area contributed by atoms with E-state index in [1.807, 2.05) is 0 Å². The number of esters is 2. The highest BCUT2D eigenvalue weighted by atomic mass is 16.6. The van der Waals surface area contributed by atoms with Crippen molar-refractivity contribution in [2.24, 2.45) is 5.41 Å². The molecule has 1 aliphatic heterocycles. The van der Waals surface area contributed by atoms with E-state index in [2.05, 4.69) is 4.74 Å². The summed E-state index contributed by atoms with van der Waals surface area (Å²) in [5.41, 5.74) is 1.63. The number of rotatable bonds is 0. The van der Waals surface area contributed by atoms with Gasteiger partial charge in [0.05, 0.1) is 0 Å². The van der Waals surface area contributed by atoms with Crippen molar-refractivity contribution in [1.82, 2.24) is 0 Å². The first-order valence-corrected chi connectivity index (χ1v) is 4.19. The van der Waals surface area contributed by atoms with Crippen LogP contribution in [0.2, 0.25) is 0 Å². The Balaban J connectivity index is 2.02. The first-order valence-electron chi connectivity index (χ1n) is 4.19. The lowest BCUT2D eigenvalue weighted by atomic mass is 10.0. The Morgan fingerprint density at radius 1 is 1.00 bits per heavy atom. The maximum Gasteiger partial charge on any atom is 0.342 e. The SMILES string of the molecule is O=C1OC(=O)C2=C1CC1(CC1)C2. The summed E-state index contributed by atoms with van der Waals surface area (Å²) >= 11 is 0. The molecule has 1 spiro atoms. The molecule has 12 heavy (non-hydrogen) atoms. The molecule has 0 N–H and O–H groups in total. The van der Waals surface area contributed by atoms with Crippen LogP contribution in [0.1, 0.15) is 25.7 Å². The van der Waals surface area contributed by atoms with Crippen LogP contribution in [0.5, 0.6) is 0 Å². The summed E-state index contributed by atoms with van der Waals surface area (Å²) in [6, 6.07) is 0. The average Bonchev–Trinajstić information content (AvgIpc) is 2.53. The first-order chi connectivity index (χ1) is 5.70. The number of hydrogen-bond donors (Lipinski definition) is 0. The standard InChI is InChI=1S/C9H8O3/c10-7-5-3-9(1-2-9)4-6(5)8(11)12-7/h1-4H2. The van der Waals surface area contributed by atoms with E-state index in [-0.39, 0.29) is 0 Å². The van der Waals surface area contributed by atoms with Gasteiger partial charge in [0.25, 0.3) is 0 Å². The van der Waals surface area contributed by atoms with Gasteiger partial charge in [-0.2, -0.15) is 0 Å². The summed E-state index contributed by atoms with van der Waals surface area (Å²) in [7, 11) is 0. The third kappa shape index (κ3) is 0.618. The Kier molecular flexibility index (Phi) is 0.868. The third-order valence-electron chi connectivity index (χ3n) is 3.10. The van der Waals surface area contributed by atoms with Crippen LogP contribution in [-0.4, -0.2) is 11.9 Å².